The minimum absolute atomic E-state index is 0.119. The van der Waals surface area contributed by atoms with Gasteiger partial charge in [0.1, 0.15) is 22.5 Å². The second-order valence-electron chi connectivity index (χ2n) is 5.82. The average molecular weight is 418 g/mol. The van der Waals surface area contributed by atoms with Gasteiger partial charge in [0.25, 0.3) is 11.6 Å². The molecule has 0 aromatic heterocycles. The zero-order chi connectivity index (χ0) is 20.3. The predicted molar refractivity (Wildman–Crippen MR) is 109 cm³/mol. The Morgan fingerprint density at radius 3 is 2.61 bits per heavy atom. The first-order valence-corrected chi connectivity index (χ1v) is 9.52. The average Bonchev–Trinajstić information content (AvgIpc) is 2.94. The summed E-state index contributed by atoms with van der Waals surface area (Å²) in [6.07, 6.45) is 1.54. The highest BCUT2D eigenvalue weighted by Crippen LogP contribution is 2.35. The first-order valence-electron chi connectivity index (χ1n) is 8.30. The number of hydrogen-bond donors (Lipinski definition) is 0. The molecule has 0 radical (unpaired) electrons. The Labute approximate surface area is 170 Å². The third-order valence-electron chi connectivity index (χ3n) is 3.99. The van der Waals surface area contributed by atoms with Crippen molar-refractivity contribution in [2.75, 3.05) is 6.54 Å². The zero-order valence-corrected chi connectivity index (χ0v) is 16.4. The molecule has 1 fully saturated rings. The van der Waals surface area contributed by atoms with Crippen molar-refractivity contribution in [3.05, 3.63) is 74.4 Å². The van der Waals surface area contributed by atoms with E-state index in [-0.39, 0.29) is 24.0 Å². The van der Waals surface area contributed by atoms with E-state index in [1.54, 1.807) is 18.2 Å². The van der Waals surface area contributed by atoms with Crippen LogP contribution in [0.3, 0.4) is 0 Å². The van der Waals surface area contributed by atoms with Crippen molar-refractivity contribution in [2.24, 2.45) is 0 Å². The van der Waals surface area contributed by atoms with Crippen LogP contribution in [-0.2, 0) is 11.4 Å². The molecule has 1 aliphatic rings. The molecule has 1 saturated heterocycles. The van der Waals surface area contributed by atoms with E-state index < -0.39 is 4.92 Å². The third-order valence-corrected chi connectivity index (χ3v) is 5.37. The molecule has 0 aliphatic carbocycles. The molecule has 0 N–H and O–H groups in total. The molecule has 1 heterocycles. The smallest absolute Gasteiger partial charge is 0.270 e. The maximum absolute atomic E-state index is 13.0. The number of nitro benzene ring substituents is 1. The van der Waals surface area contributed by atoms with E-state index in [0.29, 0.717) is 27.1 Å². The molecule has 2 aromatic carbocycles. The monoisotopic (exact) mass is 418 g/mol. The Morgan fingerprint density at radius 1 is 1.29 bits per heavy atom. The first-order chi connectivity index (χ1) is 13.4. The number of carbonyl (C=O) groups excluding carboxylic acids is 1. The number of likely N-dealkylation sites (N-methyl/N-ethyl adjacent to an activating group) is 1. The van der Waals surface area contributed by atoms with Gasteiger partial charge in [-0.25, -0.2) is 4.39 Å². The molecular formula is C19H15FN2O4S2. The topological polar surface area (TPSA) is 72.7 Å². The summed E-state index contributed by atoms with van der Waals surface area (Å²) < 4.78 is 19.2. The number of carbonyl (C=O) groups is 1. The lowest BCUT2D eigenvalue weighted by Gasteiger charge is -2.11. The quantitative estimate of drug-likeness (QED) is 0.297. The fourth-order valence-corrected chi connectivity index (χ4v) is 3.92. The number of thiocarbonyl (C=S) groups is 1. The molecule has 144 valence electrons. The van der Waals surface area contributed by atoms with Gasteiger partial charge >= 0.3 is 0 Å². The predicted octanol–water partition coefficient (Wildman–Crippen LogP) is 4.53. The SMILES string of the molecule is CCN1C(=O)C(=Cc2cc([N+](=O)[O-])ccc2OCc2ccc(F)cc2)SC1=S. The van der Waals surface area contributed by atoms with Crippen molar-refractivity contribution in [3.63, 3.8) is 0 Å². The van der Waals surface area contributed by atoms with Crippen LogP contribution in [0.25, 0.3) is 6.08 Å². The molecule has 1 amide bonds. The molecule has 2 aromatic rings. The molecular weight excluding hydrogens is 403 g/mol. The molecule has 3 rings (SSSR count). The third kappa shape index (κ3) is 4.37. The Hall–Kier alpha value is -2.78. The maximum atomic E-state index is 13.0. The summed E-state index contributed by atoms with van der Waals surface area (Å²) in [5.74, 6) is -0.220. The van der Waals surface area contributed by atoms with Crippen LogP contribution in [0.2, 0.25) is 0 Å². The normalized spacial score (nSPS) is 15.4. The summed E-state index contributed by atoms with van der Waals surface area (Å²) in [5.41, 5.74) is 1.02. The summed E-state index contributed by atoms with van der Waals surface area (Å²) in [6, 6.07) is 9.98. The van der Waals surface area contributed by atoms with Crippen LogP contribution in [0.4, 0.5) is 10.1 Å². The van der Waals surface area contributed by atoms with Crippen molar-refractivity contribution in [1.82, 2.24) is 4.90 Å². The Kier molecular flexibility index (Phi) is 6.05. The van der Waals surface area contributed by atoms with E-state index in [9.17, 15) is 19.3 Å². The van der Waals surface area contributed by atoms with Crippen LogP contribution in [0.5, 0.6) is 5.75 Å². The van der Waals surface area contributed by atoms with Gasteiger partial charge in [0.05, 0.1) is 9.83 Å². The van der Waals surface area contributed by atoms with Gasteiger partial charge in [-0.2, -0.15) is 0 Å². The number of nitrogens with zero attached hydrogens (tertiary/aromatic N) is 2. The van der Waals surface area contributed by atoms with Gasteiger partial charge in [0.15, 0.2) is 0 Å². The van der Waals surface area contributed by atoms with Crippen molar-refractivity contribution in [2.45, 2.75) is 13.5 Å². The number of rotatable bonds is 6. The number of halogens is 1. The molecule has 0 unspecified atom stereocenters. The number of benzene rings is 2. The zero-order valence-electron chi connectivity index (χ0n) is 14.8. The van der Waals surface area contributed by atoms with E-state index in [2.05, 4.69) is 0 Å². The molecule has 0 bridgehead atoms. The lowest BCUT2D eigenvalue weighted by atomic mass is 10.1. The molecule has 28 heavy (non-hydrogen) atoms. The highest BCUT2D eigenvalue weighted by Gasteiger charge is 2.31. The van der Waals surface area contributed by atoms with Crippen molar-refractivity contribution in [1.29, 1.82) is 0 Å². The summed E-state index contributed by atoms with van der Waals surface area (Å²) in [6.45, 7) is 2.41. The van der Waals surface area contributed by atoms with Crippen molar-refractivity contribution in [3.8, 4) is 5.75 Å². The fraction of sp³-hybridized carbons (Fsp3) is 0.158. The largest absolute Gasteiger partial charge is 0.488 e. The minimum Gasteiger partial charge on any atom is -0.488 e. The van der Waals surface area contributed by atoms with E-state index in [1.165, 1.54) is 35.2 Å². The Morgan fingerprint density at radius 2 is 2.00 bits per heavy atom. The number of thioether (sulfide) groups is 1. The number of hydrogen-bond acceptors (Lipinski definition) is 6. The lowest BCUT2D eigenvalue weighted by molar-refractivity contribution is -0.384. The summed E-state index contributed by atoms with van der Waals surface area (Å²) in [4.78, 5) is 24.9. The number of nitro groups is 1. The van der Waals surface area contributed by atoms with Gasteiger partial charge < -0.3 is 4.74 Å². The summed E-state index contributed by atoms with van der Waals surface area (Å²) in [7, 11) is 0. The number of ether oxygens (including phenoxy) is 1. The molecule has 6 nitrogen and oxygen atoms in total. The van der Waals surface area contributed by atoms with E-state index in [0.717, 1.165) is 17.3 Å². The number of amides is 1. The standard InChI is InChI=1S/C19H15FN2O4S2/c1-2-21-18(23)17(28-19(21)27)10-13-9-15(22(24)25)7-8-16(13)26-11-12-3-5-14(20)6-4-12/h3-10H,2,11H2,1H3. The molecule has 0 saturated carbocycles. The van der Waals surface area contributed by atoms with Gasteiger partial charge in [-0.3, -0.25) is 19.8 Å². The van der Waals surface area contributed by atoms with Crippen LogP contribution in [-0.4, -0.2) is 26.6 Å². The van der Waals surface area contributed by atoms with Crippen LogP contribution in [0.1, 0.15) is 18.1 Å². The van der Waals surface area contributed by atoms with Gasteiger partial charge in [0.2, 0.25) is 0 Å². The van der Waals surface area contributed by atoms with Crippen LogP contribution >= 0.6 is 24.0 Å². The number of non-ortho nitro benzene ring substituents is 1. The van der Waals surface area contributed by atoms with Crippen LogP contribution < -0.4 is 4.74 Å². The van der Waals surface area contributed by atoms with Gasteiger partial charge in [-0.15, -0.1) is 0 Å². The van der Waals surface area contributed by atoms with Gasteiger partial charge in [0, 0.05) is 24.2 Å². The first kappa shape index (κ1) is 20.0. The van der Waals surface area contributed by atoms with Crippen LogP contribution in [0.15, 0.2) is 47.4 Å². The minimum atomic E-state index is -0.516. The van der Waals surface area contributed by atoms with E-state index >= 15 is 0 Å². The molecule has 0 atom stereocenters. The van der Waals surface area contributed by atoms with Gasteiger partial charge in [-0.05, 0) is 36.8 Å². The Bertz CT molecular complexity index is 976. The lowest BCUT2D eigenvalue weighted by Crippen LogP contribution is -2.27. The maximum Gasteiger partial charge on any atom is 0.270 e. The molecule has 9 heteroatoms. The highest BCUT2D eigenvalue weighted by molar-refractivity contribution is 8.26. The Balaban J connectivity index is 1.91. The van der Waals surface area contributed by atoms with Crippen molar-refractivity contribution >= 4 is 46.0 Å². The van der Waals surface area contributed by atoms with Crippen molar-refractivity contribution < 1.29 is 18.8 Å². The van der Waals surface area contributed by atoms with Gasteiger partial charge in [-0.1, -0.05) is 36.1 Å². The highest BCUT2D eigenvalue weighted by atomic mass is 32.2. The second kappa shape index (κ2) is 8.49. The molecule has 0 spiro atoms. The van der Waals surface area contributed by atoms with E-state index in [4.69, 9.17) is 17.0 Å². The van der Waals surface area contributed by atoms with Crippen LogP contribution in [0, 0.1) is 15.9 Å². The second-order valence-corrected chi connectivity index (χ2v) is 7.50. The summed E-state index contributed by atoms with van der Waals surface area (Å²) >= 11 is 6.33. The summed E-state index contributed by atoms with van der Waals surface area (Å²) in [5, 5.41) is 11.1. The molecule has 1 aliphatic heterocycles. The fourth-order valence-electron chi connectivity index (χ4n) is 2.55. The van der Waals surface area contributed by atoms with E-state index in [1.807, 2.05) is 6.92 Å².